The molecule has 5 heteroatoms. The van der Waals surface area contributed by atoms with Crippen molar-refractivity contribution in [2.45, 2.75) is 38.5 Å². The van der Waals surface area contributed by atoms with Crippen LogP contribution in [0.2, 0.25) is 0 Å². The number of carbonyl (C=O) groups is 2. The first-order chi connectivity index (χ1) is 15.2. The Balaban J connectivity index is 1.53. The number of rotatable bonds is 6. The van der Waals surface area contributed by atoms with E-state index in [2.05, 4.69) is 17.4 Å². The predicted molar refractivity (Wildman–Crippen MR) is 122 cm³/mol. The molecule has 1 aliphatic heterocycles. The smallest absolute Gasteiger partial charge is 0.225 e. The van der Waals surface area contributed by atoms with Crippen LogP contribution in [0.15, 0.2) is 48.5 Å². The maximum atomic E-state index is 13.0. The van der Waals surface area contributed by atoms with Crippen LogP contribution in [-0.2, 0) is 16.0 Å². The zero-order chi connectivity index (χ0) is 21.6. The number of hydrogen-bond acceptors (Lipinski definition) is 3. The fourth-order valence-electron chi connectivity index (χ4n) is 4.97. The summed E-state index contributed by atoms with van der Waals surface area (Å²) in [4.78, 5) is 27.7. The third-order valence-corrected chi connectivity index (χ3v) is 6.66. The molecule has 31 heavy (non-hydrogen) atoms. The quantitative estimate of drug-likeness (QED) is 0.767. The molecule has 0 bridgehead atoms. The van der Waals surface area contributed by atoms with Crippen LogP contribution in [0.3, 0.4) is 0 Å². The summed E-state index contributed by atoms with van der Waals surface area (Å²) in [6, 6.07) is 16.1. The van der Waals surface area contributed by atoms with Crippen molar-refractivity contribution >= 4 is 11.8 Å². The molecule has 1 saturated heterocycles. The Bertz CT molecular complexity index is 920. The van der Waals surface area contributed by atoms with E-state index in [1.54, 1.807) is 7.11 Å². The van der Waals surface area contributed by atoms with E-state index in [0.29, 0.717) is 38.4 Å². The van der Waals surface area contributed by atoms with Crippen LogP contribution in [0.5, 0.6) is 5.75 Å². The normalized spacial score (nSPS) is 19.7. The Morgan fingerprint density at radius 3 is 2.55 bits per heavy atom. The molecular formula is C26H32N2O3. The average molecular weight is 421 g/mol. The number of ether oxygens (including phenoxy) is 1. The Morgan fingerprint density at radius 2 is 1.77 bits per heavy atom. The monoisotopic (exact) mass is 420 g/mol. The van der Waals surface area contributed by atoms with Gasteiger partial charge >= 0.3 is 0 Å². The van der Waals surface area contributed by atoms with Crippen LogP contribution in [-0.4, -0.2) is 43.5 Å². The van der Waals surface area contributed by atoms with E-state index >= 15 is 0 Å². The van der Waals surface area contributed by atoms with Gasteiger partial charge in [0.1, 0.15) is 5.75 Å². The highest BCUT2D eigenvalue weighted by atomic mass is 16.5. The van der Waals surface area contributed by atoms with Crippen LogP contribution in [0.1, 0.15) is 37.7 Å². The predicted octanol–water partition coefficient (Wildman–Crippen LogP) is 4.06. The van der Waals surface area contributed by atoms with Gasteiger partial charge < -0.3 is 15.0 Å². The van der Waals surface area contributed by atoms with Crippen LogP contribution >= 0.6 is 0 Å². The number of para-hydroxylation sites is 1. The molecule has 1 atom stereocenters. The largest absolute Gasteiger partial charge is 0.496 e. The Hall–Kier alpha value is -2.82. The van der Waals surface area contributed by atoms with Gasteiger partial charge in [-0.15, -0.1) is 0 Å². The molecule has 0 radical (unpaired) electrons. The molecule has 4 rings (SSSR count). The number of nitrogens with one attached hydrogen (secondary N) is 1. The summed E-state index contributed by atoms with van der Waals surface area (Å²) in [6.45, 7) is 1.61. The van der Waals surface area contributed by atoms with Crippen LogP contribution in [0, 0.1) is 11.8 Å². The Morgan fingerprint density at radius 1 is 1.06 bits per heavy atom. The lowest BCUT2D eigenvalue weighted by molar-refractivity contribution is -0.133. The van der Waals surface area contributed by atoms with E-state index in [1.807, 2.05) is 41.3 Å². The second-order valence-corrected chi connectivity index (χ2v) is 8.74. The molecule has 0 aromatic heterocycles. The van der Waals surface area contributed by atoms with Gasteiger partial charge in [-0.3, -0.25) is 9.59 Å². The van der Waals surface area contributed by atoms with Gasteiger partial charge in [-0.2, -0.15) is 0 Å². The number of methoxy groups -OCH3 is 1. The van der Waals surface area contributed by atoms with Crippen molar-refractivity contribution in [3.05, 3.63) is 54.1 Å². The van der Waals surface area contributed by atoms with Crippen molar-refractivity contribution in [1.29, 1.82) is 0 Å². The maximum Gasteiger partial charge on any atom is 0.225 e. The topological polar surface area (TPSA) is 58.6 Å². The third kappa shape index (κ3) is 5.09. The summed E-state index contributed by atoms with van der Waals surface area (Å²) in [6.07, 6.45) is 6.01. The summed E-state index contributed by atoms with van der Waals surface area (Å²) in [7, 11) is 1.67. The molecule has 2 aliphatic rings. The average Bonchev–Trinajstić information content (AvgIpc) is 3.23. The van der Waals surface area contributed by atoms with Gasteiger partial charge in [0.25, 0.3) is 0 Å². The molecule has 1 heterocycles. The van der Waals surface area contributed by atoms with E-state index in [-0.39, 0.29) is 17.7 Å². The van der Waals surface area contributed by atoms with Crippen LogP contribution in [0.25, 0.3) is 11.1 Å². The molecule has 2 aromatic rings. The molecule has 164 valence electrons. The SMILES string of the molecule is COc1ccccc1-c1ccccc1C[C@@H]1CN(C(=O)CC2CCCC2)CCNC1=O. The highest BCUT2D eigenvalue weighted by Crippen LogP contribution is 2.33. The van der Waals surface area contributed by atoms with Crippen molar-refractivity contribution in [2.75, 3.05) is 26.7 Å². The highest BCUT2D eigenvalue weighted by molar-refractivity contribution is 5.83. The van der Waals surface area contributed by atoms with Gasteiger partial charge in [0.15, 0.2) is 0 Å². The lowest BCUT2D eigenvalue weighted by Crippen LogP contribution is -2.38. The van der Waals surface area contributed by atoms with Crippen LogP contribution in [0.4, 0.5) is 0 Å². The summed E-state index contributed by atoms with van der Waals surface area (Å²) < 4.78 is 5.57. The number of hydrogen-bond donors (Lipinski definition) is 1. The maximum absolute atomic E-state index is 13.0. The summed E-state index contributed by atoms with van der Waals surface area (Å²) in [5.41, 5.74) is 3.18. The Labute approximate surface area is 184 Å². The molecule has 1 saturated carbocycles. The summed E-state index contributed by atoms with van der Waals surface area (Å²) in [5, 5.41) is 3.02. The molecular weight excluding hydrogens is 388 g/mol. The van der Waals surface area contributed by atoms with Gasteiger partial charge in [-0.1, -0.05) is 55.3 Å². The molecule has 1 aliphatic carbocycles. The zero-order valence-corrected chi connectivity index (χ0v) is 18.3. The summed E-state index contributed by atoms with van der Waals surface area (Å²) in [5.74, 6) is 1.31. The van der Waals surface area contributed by atoms with E-state index in [0.717, 1.165) is 35.3 Å². The minimum absolute atomic E-state index is 0.0333. The van der Waals surface area contributed by atoms with Crippen molar-refractivity contribution in [3.63, 3.8) is 0 Å². The van der Waals surface area contributed by atoms with E-state index in [4.69, 9.17) is 4.74 Å². The minimum Gasteiger partial charge on any atom is -0.496 e. The fraction of sp³-hybridized carbons (Fsp3) is 0.462. The number of amides is 2. The number of benzene rings is 2. The van der Waals surface area contributed by atoms with E-state index < -0.39 is 0 Å². The van der Waals surface area contributed by atoms with Crippen molar-refractivity contribution in [2.24, 2.45) is 11.8 Å². The van der Waals surface area contributed by atoms with Crippen molar-refractivity contribution in [3.8, 4) is 16.9 Å². The Kier molecular flexibility index (Phi) is 6.90. The van der Waals surface area contributed by atoms with Gasteiger partial charge in [0, 0.05) is 31.6 Å². The summed E-state index contributed by atoms with van der Waals surface area (Å²) >= 11 is 0. The van der Waals surface area contributed by atoms with E-state index in [1.165, 1.54) is 12.8 Å². The first-order valence-electron chi connectivity index (χ1n) is 11.4. The first-order valence-corrected chi connectivity index (χ1v) is 11.4. The van der Waals surface area contributed by atoms with Crippen molar-refractivity contribution in [1.82, 2.24) is 10.2 Å². The second kappa shape index (κ2) is 9.99. The second-order valence-electron chi connectivity index (χ2n) is 8.74. The molecule has 1 N–H and O–H groups in total. The molecule has 0 unspecified atom stereocenters. The van der Waals surface area contributed by atoms with Gasteiger partial charge in [-0.25, -0.2) is 0 Å². The number of nitrogens with zero attached hydrogens (tertiary/aromatic N) is 1. The minimum atomic E-state index is -0.258. The van der Waals surface area contributed by atoms with Crippen LogP contribution < -0.4 is 10.1 Å². The first kappa shape index (κ1) is 21.4. The molecule has 0 spiro atoms. The fourth-order valence-corrected chi connectivity index (χ4v) is 4.97. The molecule has 2 aromatic carbocycles. The highest BCUT2D eigenvalue weighted by Gasteiger charge is 2.30. The number of carbonyl (C=O) groups excluding carboxylic acids is 2. The van der Waals surface area contributed by atoms with Gasteiger partial charge in [0.2, 0.25) is 11.8 Å². The third-order valence-electron chi connectivity index (χ3n) is 6.66. The standard InChI is InChI=1S/C26H32N2O3/c1-31-24-13-7-6-12-23(24)22-11-5-4-10-20(22)17-21-18-28(15-14-27-26(21)30)25(29)16-19-8-2-3-9-19/h4-7,10-13,19,21H,2-3,8-9,14-18H2,1H3,(H,27,30)/t21-/m1/s1. The molecule has 5 nitrogen and oxygen atoms in total. The molecule has 2 amide bonds. The van der Waals surface area contributed by atoms with E-state index in [9.17, 15) is 9.59 Å². The van der Waals surface area contributed by atoms with Crippen molar-refractivity contribution < 1.29 is 14.3 Å². The lowest BCUT2D eigenvalue weighted by Gasteiger charge is -2.25. The zero-order valence-electron chi connectivity index (χ0n) is 18.3. The molecule has 2 fully saturated rings. The van der Waals surface area contributed by atoms with Gasteiger partial charge in [0.05, 0.1) is 13.0 Å². The van der Waals surface area contributed by atoms with Gasteiger partial charge in [-0.05, 0) is 42.4 Å². The lowest BCUT2D eigenvalue weighted by atomic mass is 9.91.